The maximum atomic E-state index is 4.46. The van der Waals surface area contributed by atoms with Crippen LogP contribution in [0, 0.1) is 6.92 Å². The number of rotatable bonds is 4. The lowest BCUT2D eigenvalue weighted by Gasteiger charge is -2.19. The predicted octanol–water partition coefficient (Wildman–Crippen LogP) is 4.57. The van der Waals surface area contributed by atoms with Crippen LogP contribution in [0.4, 0.5) is 5.82 Å². The van der Waals surface area contributed by atoms with Crippen molar-refractivity contribution < 1.29 is 0 Å². The van der Waals surface area contributed by atoms with E-state index in [1.165, 1.54) is 5.56 Å². The second-order valence-corrected chi connectivity index (χ2v) is 6.45. The van der Waals surface area contributed by atoms with E-state index < -0.39 is 0 Å². The Morgan fingerprint density at radius 1 is 1.05 bits per heavy atom. The third-order valence-corrected chi connectivity index (χ3v) is 3.65. The molecule has 3 heteroatoms. The highest BCUT2D eigenvalue weighted by molar-refractivity contribution is 5.68. The standard InChI is InChI=1S/C18H25N3/c1-6-11-19-17-13(2)16(20-12-21-17)14-7-9-15(10-8-14)18(3,4)5/h7-10,12H,6,11H2,1-5H3,(H,19,20,21). The smallest absolute Gasteiger partial charge is 0.132 e. The van der Waals surface area contributed by atoms with E-state index in [2.05, 4.69) is 74.2 Å². The van der Waals surface area contributed by atoms with Crippen LogP contribution in [0.5, 0.6) is 0 Å². The van der Waals surface area contributed by atoms with Gasteiger partial charge in [0.15, 0.2) is 0 Å². The number of hydrogen-bond donors (Lipinski definition) is 1. The Balaban J connectivity index is 2.34. The first-order valence-electron chi connectivity index (χ1n) is 7.60. The number of nitrogens with one attached hydrogen (secondary N) is 1. The maximum Gasteiger partial charge on any atom is 0.132 e. The maximum absolute atomic E-state index is 4.46. The highest BCUT2D eigenvalue weighted by Gasteiger charge is 2.14. The molecule has 0 unspecified atom stereocenters. The summed E-state index contributed by atoms with van der Waals surface area (Å²) in [5.41, 5.74) is 4.76. The predicted molar refractivity (Wildman–Crippen MR) is 89.7 cm³/mol. The quantitative estimate of drug-likeness (QED) is 0.893. The van der Waals surface area contributed by atoms with E-state index in [-0.39, 0.29) is 5.41 Å². The molecule has 0 bridgehead atoms. The number of aromatic nitrogens is 2. The SMILES string of the molecule is CCCNc1ncnc(-c2ccc(C(C)(C)C)cc2)c1C. The van der Waals surface area contributed by atoms with Gasteiger partial charge in [-0.3, -0.25) is 0 Å². The van der Waals surface area contributed by atoms with Gasteiger partial charge in [0.2, 0.25) is 0 Å². The molecule has 0 aliphatic heterocycles. The van der Waals surface area contributed by atoms with Gasteiger partial charge in [-0.1, -0.05) is 52.0 Å². The van der Waals surface area contributed by atoms with Crippen LogP contribution in [0.3, 0.4) is 0 Å². The van der Waals surface area contributed by atoms with Crippen molar-refractivity contribution in [3.05, 3.63) is 41.7 Å². The van der Waals surface area contributed by atoms with Gasteiger partial charge in [0.05, 0.1) is 5.69 Å². The summed E-state index contributed by atoms with van der Waals surface area (Å²) in [5, 5.41) is 3.36. The topological polar surface area (TPSA) is 37.8 Å². The average molecular weight is 283 g/mol. The van der Waals surface area contributed by atoms with E-state index >= 15 is 0 Å². The number of hydrogen-bond acceptors (Lipinski definition) is 3. The fourth-order valence-corrected chi connectivity index (χ4v) is 2.29. The van der Waals surface area contributed by atoms with E-state index in [4.69, 9.17) is 0 Å². The fraction of sp³-hybridized carbons (Fsp3) is 0.444. The van der Waals surface area contributed by atoms with Crippen molar-refractivity contribution in [2.24, 2.45) is 0 Å². The fourth-order valence-electron chi connectivity index (χ4n) is 2.29. The van der Waals surface area contributed by atoms with Crippen LogP contribution < -0.4 is 5.32 Å². The van der Waals surface area contributed by atoms with E-state index in [9.17, 15) is 0 Å². The van der Waals surface area contributed by atoms with Gasteiger partial charge < -0.3 is 5.32 Å². The molecule has 0 atom stereocenters. The van der Waals surface area contributed by atoms with Crippen LogP contribution >= 0.6 is 0 Å². The third kappa shape index (κ3) is 3.60. The number of benzene rings is 1. The van der Waals surface area contributed by atoms with Crippen molar-refractivity contribution in [2.75, 3.05) is 11.9 Å². The molecule has 112 valence electrons. The zero-order valence-corrected chi connectivity index (χ0v) is 13.7. The summed E-state index contributed by atoms with van der Waals surface area (Å²) in [6.07, 6.45) is 2.72. The van der Waals surface area contributed by atoms with Gasteiger partial charge in [-0.05, 0) is 24.3 Å². The molecule has 0 fully saturated rings. The summed E-state index contributed by atoms with van der Waals surface area (Å²) in [5.74, 6) is 0.932. The number of nitrogens with zero attached hydrogens (tertiary/aromatic N) is 2. The molecule has 0 spiro atoms. The molecule has 21 heavy (non-hydrogen) atoms. The van der Waals surface area contributed by atoms with Crippen molar-refractivity contribution in [3.8, 4) is 11.3 Å². The van der Waals surface area contributed by atoms with E-state index in [1.807, 2.05) is 0 Å². The Morgan fingerprint density at radius 3 is 2.29 bits per heavy atom. The minimum Gasteiger partial charge on any atom is -0.370 e. The van der Waals surface area contributed by atoms with Crippen LogP contribution in [0.25, 0.3) is 11.3 Å². The summed E-state index contributed by atoms with van der Waals surface area (Å²) < 4.78 is 0. The first kappa shape index (κ1) is 15.5. The van der Waals surface area contributed by atoms with Gasteiger partial charge in [0, 0.05) is 17.7 Å². The Hall–Kier alpha value is -1.90. The van der Waals surface area contributed by atoms with E-state index in [0.717, 1.165) is 35.6 Å². The molecule has 0 aliphatic rings. The van der Waals surface area contributed by atoms with E-state index in [1.54, 1.807) is 6.33 Å². The Labute approximate surface area is 127 Å². The monoisotopic (exact) mass is 283 g/mol. The summed E-state index contributed by atoms with van der Waals surface area (Å²) >= 11 is 0. The summed E-state index contributed by atoms with van der Waals surface area (Å²) in [6.45, 7) is 11.8. The van der Waals surface area contributed by atoms with Crippen LogP contribution in [-0.4, -0.2) is 16.5 Å². The molecule has 3 nitrogen and oxygen atoms in total. The highest BCUT2D eigenvalue weighted by atomic mass is 15.0. The number of anilines is 1. The molecule has 1 aromatic carbocycles. The minimum atomic E-state index is 0.174. The molecule has 1 heterocycles. The molecular formula is C18H25N3. The second kappa shape index (κ2) is 6.25. The summed E-state index contributed by atoms with van der Waals surface area (Å²) in [7, 11) is 0. The zero-order valence-electron chi connectivity index (χ0n) is 13.7. The van der Waals surface area contributed by atoms with Gasteiger partial charge >= 0.3 is 0 Å². The third-order valence-electron chi connectivity index (χ3n) is 3.65. The average Bonchev–Trinajstić information content (AvgIpc) is 2.45. The van der Waals surface area contributed by atoms with Gasteiger partial charge in [-0.25, -0.2) is 9.97 Å². The molecule has 1 aromatic heterocycles. The van der Waals surface area contributed by atoms with Crippen molar-refractivity contribution >= 4 is 5.82 Å². The zero-order chi connectivity index (χ0) is 15.5. The van der Waals surface area contributed by atoms with Crippen LogP contribution in [0.1, 0.15) is 45.2 Å². The summed E-state index contributed by atoms with van der Waals surface area (Å²) in [4.78, 5) is 8.79. The molecule has 2 rings (SSSR count). The lowest BCUT2D eigenvalue weighted by Crippen LogP contribution is -2.10. The van der Waals surface area contributed by atoms with Crippen molar-refractivity contribution in [1.29, 1.82) is 0 Å². The second-order valence-electron chi connectivity index (χ2n) is 6.45. The van der Waals surface area contributed by atoms with Crippen LogP contribution in [0.15, 0.2) is 30.6 Å². The molecule has 0 amide bonds. The highest BCUT2D eigenvalue weighted by Crippen LogP contribution is 2.28. The molecule has 0 aliphatic carbocycles. The van der Waals surface area contributed by atoms with E-state index in [0.29, 0.717) is 0 Å². The van der Waals surface area contributed by atoms with Gasteiger partial charge in [0.25, 0.3) is 0 Å². The Morgan fingerprint density at radius 2 is 1.71 bits per heavy atom. The summed E-state index contributed by atoms with van der Waals surface area (Å²) in [6, 6.07) is 8.69. The normalized spacial score (nSPS) is 11.5. The minimum absolute atomic E-state index is 0.174. The van der Waals surface area contributed by atoms with Crippen molar-refractivity contribution in [1.82, 2.24) is 9.97 Å². The first-order valence-corrected chi connectivity index (χ1v) is 7.60. The Kier molecular flexibility index (Phi) is 4.61. The van der Waals surface area contributed by atoms with Gasteiger partial charge in [-0.2, -0.15) is 0 Å². The van der Waals surface area contributed by atoms with Gasteiger partial charge in [-0.15, -0.1) is 0 Å². The molecule has 0 saturated heterocycles. The lowest BCUT2D eigenvalue weighted by atomic mass is 9.86. The van der Waals surface area contributed by atoms with Gasteiger partial charge in [0.1, 0.15) is 12.1 Å². The molecular weight excluding hydrogens is 258 g/mol. The Bertz CT molecular complexity index is 595. The van der Waals surface area contributed by atoms with Crippen molar-refractivity contribution in [3.63, 3.8) is 0 Å². The first-order chi connectivity index (χ1) is 9.93. The largest absolute Gasteiger partial charge is 0.370 e. The van der Waals surface area contributed by atoms with Crippen molar-refractivity contribution in [2.45, 2.75) is 46.5 Å². The molecule has 1 N–H and O–H groups in total. The lowest BCUT2D eigenvalue weighted by molar-refractivity contribution is 0.590. The van der Waals surface area contributed by atoms with Crippen LogP contribution in [-0.2, 0) is 5.41 Å². The van der Waals surface area contributed by atoms with Crippen LogP contribution in [0.2, 0.25) is 0 Å². The molecule has 0 saturated carbocycles. The molecule has 0 radical (unpaired) electrons. The molecule has 2 aromatic rings.